The zero-order valence-corrected chi connectivity index (χ0v) is 15.2. The lowest BCUT2D eigenvalue weighted by Crippen LogP contribution is -2.45. The Hall–Kier alpha value is -0.660. The Morgan fingerprint density at radius 1 is 1.29 bits per heavy atom. The van der Waals surface area contributed by atoms with Gasteiger partial charge in [0, 0.05) is 32.2 Å². The highest BCUT2D eigenvalue weighted by molar-refractivity contribution is 6.32. The Morgan fingerprint density at radius 3 is 2.42 bits per heavy atom. The molecule has 0 aromatic heterocycles. The van der Waals surface area contributed by atoms with Gasteiger partial charge in [0.2, 0.25) is 0 Å². The zero-order chi connectivity index (χ0) is 16.2. The molecule has 0 bridgehead atoms. The predicted molar refractivity (Wildman–Crippen MR) is 94.6 cm³/mol. The van der Waals surface area contributed by atoms with E-state index in [2.05, 4.69) is 21.5 Å². The van der Waals surface area contributed by atoms with E-state index in [-0.39, 0.29) is 41.6 Å². The Labute approximate surface area is 157 Å². The molecular formula is C15H20Cl3F3N2O. The number of rotatable bonds is 5. The quantitative estimate of drug-likeness (QED) is 0.722. The lowest BCUT2D eigenvalue weighted by atomic mass is 10.0. The van der Waals surface area contributed by atoms with Crippen LogP contribution in [-0.4, -0.2) is 37.4 Å². The van der Waals surface area contributed by atoms with Crippen LogP contribution in [0.1, 0.15) is 18.0 Å². The summed E-state index contributed by atoms with van der Waals surface area (Å²) in [7, 11) is 0. The van der Waals surface area contributed by atoms with Gasteiger partial charge in [0.05, 0.1) is 5.02 Å². The van der Waals surface area contributed by atoms with Gasteiger partial charge in [0.15, 0.2) is 0 Å². The van der Waals surface area contributed by atoms with Gasteiger partial charge >= 0.3 is 6.36 Å². The Kier molecular flexibility index (Phi) is 10.1. The van der Waals surface area contributed by atoms with E-state index in [1.165, 1.54) is 6.07 Å². The molecule has 1 N–H and O–H groups in total. The molecular weight excluding hydrogens is 388 g/mol. The average Bonchev–Trinajstić information content (AvgIpc) is 2.47. The molecule has 1 aromatic carbocycles. The van der Waals surface area contributed by atoms with E-state index >= 15 is 0 Å². The van der Waals surface area contributed by atoms with Gasteiger partial charge in [-0.1, -0.05) is 23.7 Å². The highest BCUT2D eigenvalue weighted by atomic mass is 35.5. The van der Waals surface area contributed by atoms with Crippen LogP contribution in [0.4, 0.5) is 13.2 Å². The minimum atomic E-state index is -4.75. The lowest BCUT2D eigenvalue weighted by Gasteiger charge is -2.35. The third kappa shape index (κ3) is 6.69. The molecule has 9 heteroatoms. The van der Waals surface area contributed by atoms with Gasteiger partial charge in [-0.05, 0) is 24.1 Å². The summed E-state index contributed by atoms with van der Waals surface area (Å²) >= 11 is 5.94. The number of hydrogen-bond donors (Lipinski definition) is 1. The summed E-state index contributed by atoms with van der Waals surface area (Å²) in [6.07, 6.45) is -2.24. The normalized spacial score (nSPS) is 16.5. The molecule has 0 amide bonds. The van der Waals surface area contributed by atoms with Crippen LogP contribution in [0.2, 0.25) is 5.02 Å². The van der Waals surface area contributed by atoms with Gasteiger partial charge in [-0.25, -0.2) is 0 Å². The van der Waals surface area contributed by atoms with Crippen LogP contribution in [0, 0.1) is 0 Å². The maximum absolute atomic E-state index is 12.3. The fourth-order valence-electron chi connectivity index (χ4n) is 2.58. The molecule has 0 saturated carbocycles. The topological polar surface area (TPSA) is 24.5 Å². The fourth-order valence-corrected chi connectivity index (χ4v) is 2.81. The largest absolute Gasteiger partial charge is 0.573 e. The SMILES string of the molecule is C=CC[C@H](c1ccc(OC(F)(F)F)c(Cl)c1)N1CCNCC1.Cl.Cl. The first-order valence-corrected chi connectivity index (χ1v) is 7.39. The monoisotopic (exact) mass is 406 g/mol. The summed E-state index contributed by atoms with van der Waals surface area (Å²) in [4.78, 5) is 2.27. The van der Waals surface area contributed by atoms with Crippen molar-refractivity contribution in [2.45, 2.75) is 18.8 Å². The number of piperazine rings is 1. The number of ether oxygens (including phenoxy) is 1. The van der Waals surface area contributed by atoms with E-state index in [1.54, 1.807) is 18.2 Å². The van der Waals surface area contributed by atoms with Crippen molar-refractivity contribution in [3.63, 3.8) is 0 Å². The molecule has 1 fully saturated rings. The Balaban J connectivity index is 0.00000264. The molecule has 2 rings (SSSR count). The van der Waals surface area contributed by atoms with Crippen LogP contribution in [-0.2, 0) is 0 Å². The minimum absolute atomic E-state index is 0. The predicted octanol–water partition coefficient (Wildman–Crippen LogP) is 4.60. The first-order chi connectivity index (χ1) is 10.4. The van der Waals surface area contributed by atoms with E-state index in [9.17, 15) is 13.2 Å². The van der Waals surface area contributed by atoms with Gasteiger partial charge in [-0.15, -0.1) is 44.6 Å². The van der Waals surface area contributed by atoms with Crippen LogP contribution in [0.5, 0.6) is 5.75 Å². The molecule has 3 nitrogen and oxygen atoms in total. The number of nitrogens with one attached hydrogen (secondary N) is 1. The van der Waals surface area contributed by atoms with E-state index in [4.69, 9.17) is 11.6 Å². The molecule has 0 unspecified atom stereocenters. The standard InChI is InChI=1S/C15H18ClF3N2O.2ClH/c1-2-3-13(21-8-6-20-7-9-21)11-4-5-14(12(16)10-11)22-15(17,18)19;;/h2,4-5,10,13,20H,1,3,6-9H2;2*1H/t13-;;/m1../s1. The average molecular weight is 408 g/mol. The number of halogens is 6. The third-order valence-corrected chi connectivity index (χ3v) is 3.84. The molecule has 138 valence electrons. The van der Waals surface area contributed by atoms with E-state index in [1.807, 2.05) is 0 Å². The summed E-state index contributed by atoms with van der Waals surface area (Å²) in [5.74, 6) is -0.379. The molecule has 1 aromatic rings. The van der Waals surface area contributed by atoms with Gasteiger partial charge in [0.25, 0.3) is 0 Å². The molecule has 1 heterocycles. The number of benzene rings is 1. The van der Waals surface area contributed by atoms with E-state index in [0.717, 1.165) is 31.7 Å². The third-order valence-electron chi connectivity index (χ3n) is 3.55. The molecule has 1 aliphatic heterocycles. The van der Waals surface area contributed by atoms with Crippen molar-refractivity contribution in [2.24, 2.45) is 0 Å². The second-order valence-corrected chi connectivity index (χ2v) is 5.47. The molecule has 0 aliphatic carbocycles. The van der Waals surface area contributed by atoms with Crippen LogP contribution in [0.15, 0.2) is 30.9 Å². The maximum Gasteiger partial charge on any atom is 0.573 e. The van der Waals surface area contributed by atoms with Gasteiger partial charge in [-0.3, -0.25) is 4.90 Å². The summed E-state index contributed by atoms with van der Waals surface area (Å²) in [6, 6.07) is 4.49. The van der Waals surface area contributed by atoms with E-state index < -0.39 is 6.36 Å². The number of nitrogens with zero attached hydrogens (tertiary/aromatic N) is 1. The Bertz CT molecular complexity index is 523. The second kappa shape index (κ2) is 10.4. The zero-order valence-electron chi connectivity index (χ0n) is 12.8. The lowest BCUT2D eigenvalue weighted by molar-refractivity contribution is -0.274. The van der Waals surface area contributed by atoms with E-state index in [0.29, 0.717) is 6.42 Å². The maximum atomic E-state index is 12.3. The van der Waals surface area contributed by atoms with Crippen molar-refractivity contribution in [1.82, 2.24) is 10.2 Å². The molecule has 1 atom stereocenters. The summed E-state index contributed by atoms with van der Waals surface area (Å²) in [6.45, 7) is 7.28. The first kappa shape index (κ1) is 23.3. The van der Waals surface area contributed by atoms with Gasteiger partial charge < -0.3 is 10.1 Å². The van der Waals surface area contributed by atoms with Gasteiger partial charge in [-0.2, -0.15) is 0 Å². The fraction of sp³-hybridized carbons (Fsp3) is 0.467. The van der Waals surface area contributed by atoms with Crippen molar-refractivity contribution < 1.29 is 17.9 Å². The summed E-state index contributed by atoms with van der Waals surface area (Å²) < 4.78 is 40.7. The van der Waals surface area contributed by atoms with Gasteiger partial charge in [0.1, 0.15) is 5.75 Å². The highest BCUT2D eigenvalue weighted by Gasteiger charge is 2.32. The molecule has 0 radical (unpaired) electrons. The second-order valence-electron chi connectivity index (χ2n) is 5.06. The summed E-state index contributed by atoms with van der Waals surface area (Å²) in [5, 5.41) is 3.23. The van der Waals surface area contributed by atoms with Crippen molar-refractivity contribution in [2.75, 3.05) is 26.2 Å². The Morgan fingerprint density at radius 2 is 1.92 bits per heavy atom. The van der Waals surface area contributed by atoms with Crippen LogP contribution in [0.25, 0.3) is 0 Å². The van der Waals surface area contributed by atoms with Crippen molar-refractivity contribution >= 4 is 36.4 Å². The smallest absolute Gasteiger partial charge is 0.404 e. The van der Waals surface area contributed by atoms with Crippen LogP contribution in [0.3, 0.4) is 0 Å². The molecule has 1 saturated heterocycles. The number of alkyl halides is 3. The van der Waals surface area contributed by atoms with Crippen LogP contribution < -0.4 is 10.1 Å². The molecule has 24 heavy (non-hydrogen) atoms. The van der Waals surface area contributed by atoms with Crippen LogP contribution >= 0.6 is 36.4 Å². The van der Waals surface area contributed by atoms with Crippen molar-refractivity contribution in [3.05, 3.63) is 41.4 Å². The number of hydrogen-bond acceptors (Lipinski definition) is 3. The summed E-state index contributed by atoms with van der Waals surface area (Å²) in [5.41, 5.74) is 0.862. The van der Waals surface area contributed by atoms with Crippen molar-refractivity contribution in [1.29, 1.82) is 0 Å². The first-order valence-electron chi connectivity index (χ1n) is 7.01. The molecule has 0 spiro atoms. The highest BCUT2D eigenvalue weighted by Crippen LogP contribution is 2.34. The van der Waals surface area contributed by atoms with Crippen molar-refractivity contribution in [3.8, 4) is 5.75 Å². The minimum Gasteiger partial charge on any atom is -0.404 e. The molecule has 1 aliphatic rings.